The van der Waals surface area contributed by atoms with Crippen LogP contribution in [-0.4, -0.2) is 82.2 Å². The van der Waals surface area contributed by atoms with Gasteiger partial charge in [0.15, 0.2) is 6.29 Å². The second kappa shape index (κ2) is 21.4. The topological polar surface area (TPSA) is 145 Å². The van der Waals surface area contributed by atoms with Crippen LogP contribution in [0.5, 0.6) is 23.0 Å². The maximum absolute atomic E-state index is 11.4. The highest BCUT2D eigenvalue weighted by molar-refractivity contribution is 5.82. The summed E-state index contributed by atoms with van der Waals surface area (Å²) in [6.45, 7) is 14.0. The molecule has 0 saturated heterocycles. The fraction of sp³-hybridized carbons (Fsp3) is 0.265. The Bertz CT molecular complexity index is 1360. The zero-order valence-corrected chi connectivity index (χ0v) is 25.4. The van der Waals surface area contributed by atoms with Crippen molar-refractivity contribution in [2.24, 2.45) is 0 Å². The molecule has 2 aromatic carbocycles. The molecule has 12 nitrogen and oxygen atoms in total. The number of ether oxygens (including phenoxy) is 8. The second-order valence-corrected chi connectivity index (χ2v) is 8.74. The summed E-state index contributed by atoms with van der Waals surface area (Å²) in [4.78, 5) is 34.0. The van der Waals surface area contributed by atoms with Crippen LogP contribution in [0.3, 0.4) is 0 Å². The predicted octanol–water partition coefficient (Wildman–Crippen LogP) is 4.08. The summed E-state index contributed by atoms with van der Waals surface area (Å²) >= 11 is 0. The number of rotatable bonds is 23. The predicted molar refractivity (Wildman–Crippen MR) is 169 cm³/mol. The molecule has 0 radical (unpaired) electrons. The third-order valence-electron chi connectivity index (χ3n) is 5.52. The molecule has 0 fully saturated rings. The van der Waals surface area contributed by atoms with E-state index < -0.39 is 24.2 Å². The molecule has 1 unspecified atom stereocenters. The van der Waals surface area contributed by atoms with Crippen LogP contribution in [-0.2, 0) is 33.3 Å². The smallest absolute Gasteiger partial charge is 0.330 e. The molecule has 2 aromatic rings. The normalized spacial score (nSPS) is 11.1. The number of esters is 3. The molecule has 2 rings (SSSR count). The number of carbonyl (C=O) groups is 3. The molecule has 0 bridgehead atoms. The van der Waals surface area contributed by atoms with Gasteiger partial charge in [-0.2, -0.15) is 0 Å². The molecule has 1 atom stereocenters. The van der Waals surface area contributed by atoms with Crippen LogP contribution in [0.2, 0.25) is 0 Å². The highest BCUT2D eigenvalue weighted by Crippen LogP contribution is 2.30. The number of aliphatic hydroxyl groups excluding tert-OH is 1. The van der Waals surface area contributed by atoms with E-state index in [1.807, 2.05) is 0 Å². The van der Waals surface area contributed by atoms with Crippen molar-refractivity contribution in [1.82, 2.24) is 0 Å². The standard InChI is InChI=1S/C34H38O12/c1-5-31(35)43-19-15-39-27-13-11-25(29(23-27)41-17-21-45-33(37)7-3)9-10-26-12-14-28(40-16-20-44-32(36)6-2)24-30(26)42-18-22-46-34(38)8-4/h5-14,23-24,31,35H,1-4,15-22H2/b10-9+. The minimum Gasteiger partial charge on any atom is -0.491 e. The van der Waals surface area contributed by atoms with E-state index in [0.29, 0.717) is 34.1 Å². The first-order chi connectivity index (χ1) is 22.3. The number of carbonyl (C=O) groups excluding carboxylic acids is 3. The zero-order chi connectivity index (χ0) is 33.6. The first-order valence-corrected chi connectivity index (χ1v) is 14.1. The van der Waals surface area contributed by atoms with Gasteiger partial charge >= 0.3 is 17.9 Å². The van der Waals surface area contributed by atoms with E-state index in [2.05, 4.69) is 26.3 Å². The molecule has 46 heavy (non-hydrogen) atoms. The van der Waals surface area contributed by atoms with Gasteiger partial charge in [0.05, 0.1) is 6.61 Å². The van der Waals surface area contributed by atoms with Crippen molar-refractivity contribution in [2.75, 3.05) is 52.9 Å². The lowest BCUT2D eigenvalue weighted by Crippen LogP contribution is -2.14. The molecule has 0 spiro atoms. The van der Waals surface area contributed by atoms with Gasteiger partial charge in [0.2, 0.25) is 0 Å². The van der Waals surface area contributed by atoms with Crippen LogP contribution in [0.4, 0.5) is 0 Å². The Morgan fingerprint density at radius 3 is 1.37 bits per heavy atom. The average molecular weight is 639 g/mol. The van der Waals surface area contributed by atoms with Crippen LogP contribution in [0.1, 0.15) is 11.1 Å². The molecule has 0 saturated carbocycles. The largest absolute Gasteiger partial charge is 0.491 e. The summed E-state index contributed by atoms with van der Waals surface area (Å²) in [5.41, 5.74) is 1.32. The lowest BCUT2D eigenvalue weighted by Gasteiger charge is -2.14. The van der Waals surface area contributed by atoms with Gasteiger partial charge in [0.1, 0.15) is 69.2 Å². The highest BCUT2D eigenvalue weighted by Gasteiger charge is 2.09. The van der Waals surface area contributed by atoms with E-state index in [1.165, 1.54) is 6.08 Å². The first-order valence-electron chi connectivity index (χ1n) is 14.1. The van der Waals surface area contributed by atoms with E-state index in [-0.39, 0.29) is 52.9 Å². The van der Waals surface area contributed by atoms with E-state index in [4.69, 9.17) is 37.9 Å². The second-order valence-electron chi connectivity index (χ2n) is 8.74. The van der Waals surface area contributed by atoms with Gasteiger partial charge in [-0.05, 0) is 30.3 Å². The zero-order valence-electron chi connectivity index (χ0n) is 25.4. The molecular formula is C34H38O12. The number of benzene rings is 2. The minimum absolute atomic E-state index is 0.00492. The Labute approximate surface area is 267 Å². The average Bonchev–Trinajstić information content (AvgIpc) is 3.08. The van der Waals surface area contributed by atoms with Gasteiger partial charge in [-0.15, -0.1) is 0 Å². The molecule has 12 heteroatoms. The van der Waals surface area contributed by atoms with Crippen molar-refractivity contribution in [1.29, 1.82) is 0 Å². The van der Waals surface area contributed by atoms with Crippen LogP contribution in [0.25, 0.3) is 12.2 Å². The molecule has 1 N–H and O–H groups in total. The number of hydrogen-bond acceptors (Lipinski definition) is 12. The van der Waals surface area contributed by atoms with Crippen molar-refractivity contribution >= 4 is 30.1 Å². The van der Waals surface area contributed by atoms with Crippen molar-refractivity contribution in [3.63, 3.8) is 0 Å². The van der Waals surface area contributed by atoms with Gasteiger partial charge in [0.25, 0.3) is 0 Å². The Kier molecular flexibility index (Phi) is 17.1. The minimum atomic E-state index is -1.09. The molecule has 246 valence electrons. The fourth-order valence-corrected chi connectivity index (χ4v) is 3.38. The quantitative estimate of drug-likeness (QED) is 0.0356. The van der Waals surface area contributed by atoms with E-state index >= 15 is 0 Å². The lowest BCUT2D eigenvalue weighted by molar-refractivity contribution is -0.139. The van der Waals surface area contributed by atoms with Crippen molar-refractivity contribution in [3.8, 4) is 23.0 Å². The monoisotopic (exact) mass is 638 g/mol. The summed E-state index contributed by atoms with van der Waals surface area (Å²) in [7, 11) is 0. The Balaban J connectivity index is 2.24. The summed E-state index contributed by atoms with van der Waals surface area (Å²) < 4.78 is 43.2. The van der Waals surface area contributed by atoms with Crippen molar-refractivity contribution < 1.29 is 57.4 Å². The van der Waals surface area contributed by atoms with E-state index in [0.717, 1.165) is 18.2 Å². The molecular weight excluding hydrogens is 600 g/mol. The summed E-state index contributed by atoms with van der Waals surface area (Å²) in [5.74, 6) is 0.0883. The maximum Gasteiger partial charge on any atom is 0.330 e. The molecule has 0 amide bonds. The van der Waals surface area contributed by atoms with Gasteiger partial charge in [-0.25, -0.2) is 14.4 Å². The molecule has 0 aliphatic heterocycles. The Morgan fingerprint density at radius 1 is 0.587 bits per heavy atom. The SMILES string of the molecule is C=CC(=O)OCCOc1ccc(/C=C/c2ccc(OCCOC(O)C=C)cc2OCCOC(=O)C=C)c(OCCOC(=O)C=C)c1. The summed E-state index contributed by atoms with van der Waals surface area (Å²) in [6.07, 6.45) is 6.91. The van der Waals surface area contributed by atoms with Gasteiger partial charge in [-0.3, -0.25) is 0 Å². The van der Waals surface area contributed by atoms with E-state index in [1.54, 1.807) is 48.6 Å². The maximum atomic E-state index is 11.4. The van der Waals surface area contributed by atoms with E-state index in [9.17, 15) is 19.5 Å². The van der Waals surface area contributed by atoms with Crippen LogP contribution in [0, 0.1) is 0 Å². The van der Waals surface area contributed by atoms with Crippen LogP contribution >= 0.6 is 0 Å². The molecule has 0 aromatic heterocycles. The van der Waals surface area contributed by atoms with Crippen molar-refractivity contribution in [2.45, 2.75) is 6.29 Å². The highest BCUT2D eigenvalue weighted by atomic mass is 16.6. The first kappa shape index (κ1) is 36.9. The van der Waals surface area contributed by atoms with Gasteiger partial charge in [0, 0.05) is 41.5 Å². The van der Waals surface area contributed by atoms with Crippen molar-refractivity contribution in [3.05, 3.63) is 98.1 Å². The van der Waals surface area contributed by atoms with Crippen LogP contribution < -0.4 is 18.9 Å². The molecule has 0 heterocycles. The third kappa shape index (κ3) is 14.4. The lowest BCUT2D eigenvalue weighted by atomic mass is 10.1. The molecule has 0 aliphatic carbocycles. The summed E-state index contributed by atoms with van der Waals surface area (Å²) in [5, 5.41) is 9.44. The Hall–Kier alpha value is -5.33. The Morgan fingerprint density at radius 2 is 0.978 bits per heavy atom. The fourth-order valence-electron chi connectivity index (χ4n) is 3.38. The van der Waals surface area contributed by atoms with Gasteiger partial charge in [-0.1, -0.05) is 38.5 Å². The van der Waals surface area contributed by atoms with Crippen LogP contribution in [0.15, 0.2) is 87.0 Å². The van der Waals surface area contributed by atoms with Gasteiger partial charge < -0.3 is 43.0 Å². The number of hydrogen-bond donors (Lipinski definition) is 1. The summed E-state index contributed by atoms with van der Waals surface area (Å²) in [6, 6.07) is 10.3. The third-order valence-corrected chi connectivity index (χ3v) is 5.52. The molecule has 0 aliphatic rings. The number of aliphatic hydroxyl groups is 1.